The molecule has 0 aliphatic rings. The Balaban J connectivity index is 2.19. The Morgan fingerprint density at radius 3 is 2.50 bits per heavy atom. The highest BCUT2D eigenvalue weighted by molar-refractivity contribution is 5.84. The van der Waals surface area contributed by atoms with Gasteiger partial charge >= 0.3 is 11.6 Å². The summed E-state index contributed by atoms with van der Waals surface area (Å²) in [4.78, 5) is 23.3. The molecule has 4 heteroatoms. The maximum atomic E-state index is 12.2. The van der Waals surface area contributed by atoms with E-state index in [-0.39, 0.29) is 0 Å². The van der Waals surface area contributed by atoms with Crippen LogP contribution in [0.2, 0.25) is 0 Å². The zero-order valence-electron chi connectivity index (χ0n) is 12.3. The lowest BCUT2D eigenvalue weighted by Gasteiger charge is -2.08. The first-order chi connectivity index (χ1) is 10.5. The molecule has 4 nitrogen and oxygen atoms in total. The Morgan fingerprint density at radius 1 is 1.09 bits per heavy atom. The summed E-state index contributed by atoms with van der Waals surface area (Å²) in [5.41, 5.74) is 2.09. The van der Waals surface area contributed by atoms with Crippen LogP contribution in [0.4, 0.5) is 0 Å². The first kappa shape index (κ1) is 14.1. The highest BCUT2D eigenvalue weighted by atomic mass is 16.5. The van der Waals surface area contributed by atoms with Crippen LogP contribution in [0.3, 0.4) is 0 Å². The number of benzene rings is 2. The van der Waals surface area contributed by atoms with Gasteiger partial charge in [-0.15, -0.1) is 0 Å². The second-order valence-electron chi connectivity index (χ2n) is 5.06. The van der Waals surface area contributed by atoms with Crippen LogP contribution in [0.5, 0.6) is 5.75 Å². The first-order valence-electron chi connectivity index (χ1n) is 6.87. The molecule has 0 saturated heterocycles. The van der Waals surface area contributed by atoms with Crippen LogP contribution < -0.4 is 10.4 Å². The fourth-order valence-corrected chi connectivity index (χ4v) is 2.35. The van der Waals surface area contributed by atoms with E-state index in [1.165, 1.54) is 6.92 Å². The topological polar surface area (TPSA) is 56.5 Å². The molecule has 0 spiro atoms. The van der Waals surface area contributed by atoms with E-state index < -0.39 is 11.6 Å². The van der Waals surface area contributed by atoms with Crippen LogP contribution in [0.25, 0.3) is 22.1 Å². The van der Waals surface area contributed by atoms with E-state index in [9.17, 15) is 9.59 Å². The zero-order chi connectivity index (χ0) is 15.7. The fourth-order valence-electron chi connectivity index (χ4n) is 2.35. The number of rotatable bonds is 2. The van der Waals surface area contributed by atoms with Crippen molar-refractivity contribution in [2.24, 2.45) is 0 Å². The molecule has 0 fully saturated rings. The monoisotopic (exact) mass is 294 g/mol. The van der Waals surface area contributed by atoms with Gasteiger partial charge < -0.3 is 9.15 Å². The van der Waals surface area contributed by atoms with Gasteiger partial charge in [0, 0.05) is 18.4 Å². The van der Waals surface area contributed by atoms with Gasteiger partial charge in [-0.2, -0.15) is 0 Å². The maximum absolute atomic E-state index is 12.2. The van der Waals surface area contributed by atoms with E-state index in [4.69, 9.17) is 9.15 Å². The van der Waals surface area contributed by atoms with Crippen molar-refractivity contribution in [2.45, 2.75) is 13.8 Å². The van der Waals surface area contributed by atoms with Crippen molar-refractivity contribution in [3.8, 4) is 16.9 Å². The summed E-state index contributed by atoms with van der Waals surface area (Å²) in [7, 11) is 0. The van der Waals surface area contributed by atoms with Crippen molar-refractivity contribution in [2.75, 3.05) is 0 Å². The lowest BCUT2D eigenvalue weighted by atomic mass is 10.0. The SMILES string of the molecule is CC(=O)Oc1cc2oc(=O)c(-c3ccccc3)cc2cc1C. The predicted octanol–water partition coefficient (Wildman–Crippen LogP) is 3.69. The Kier molecular flexibility index (Phi) is 3.51. The molecule has 2 aromatic carbocycles. The number of carbonyl (C=O) groups excluding carboxylic acids is 1. The molecule has 0 radical (unpaired) electrons. The van der Waals surface area contributed by atoms with Crippen molar-refractivity contribution in [3.05, 3.63) is 64.5 Å². The van der Waals surface area contributed by atoms with Gasteiger partial charge in [0.25, 0.3) is 0 Å². The van der Waals surface area contributed by atoms with E-state index in [2.05, 4.69) is 0 Å². The van der Waals surface area contributed by atoms with E-state index in [1.54, 1.807) is 12.1 Å². The second kappa shape index (κ2) is 5.48. The van der Waals surface area contributed by atoms with E-state index >= 15 is 0 Å². The molecule has 0 amide bonds. The average molecular weight is 294 g/mol. The number of esters is 1. The molecule has 110 valence electrons. The van der Waals surface area contributed by atoms with E-state index in [0.717, 1.165) is 16.5 Å². The largest absolute Gasteiger partial charge is 0.426 e. The highest BCUT2D eigenvalue weighted by Crippen LogP contribution is 2.27. The lowest BCUT2D eigenvalue weighted by Crippen LogP contribution is -2.05. The minimum absolute atomic E-state index is 0.395. The number of hydrogen-bond donors (Lipinski definition) is 0. The Labute approximate surface area is 127 Å². The zero-order valence-corrected chi connectivity index (χ0v) is 12.3. The minimum Gasteiger partial charge on any atom is -0.426 e. The first-order valence-corrected chi connectivity index (χ1v) is 6.87. The molecule has 0 saturated carbocycles. The summed E-state index contributed by atoms with van der Waals surface area (Å²) in [5, 5.41) is 0.784. The average Bonchev–Trinajstić information content (AvgIpc) is 2.48. The highest BCUT2D eigenvalue weighted by Gasteiger charge is 2.11. The summed E-state index contributed by atoms with van der Waals surface area (Å²) in [6.07, 6.45) is 0. The van der Waals surface area contributed by atoms with Gasteiger partial charge in [0.05, 0.1) is 5.56 Å². The molecule has 0 N–H and O–H groups in total. The van der Waals surface area contributed by atoms with Crippen LogP contribution in [0, 0.1) is 6.92 Å². The molecule has 0 bridgehead atoms. The number of carbonyl (C=O) groups is 1. The maximum Gasteiger partial charge on any atom is 0.344 e. The molecular weight excluding hydrogens is 280 g/mol. The van der Waals surface area contributed by atoms with Crippen molar-refractivity contribution >= 4 is 16.9 Å². The smallest absolute Gasteiger partial charge is 0.344 e. The van der Waals surface area contributed by atoms with Gasteiger partial charge in [0.2, 0.25) is 0 Å². The molecule has 3 rings (SSSR count). The molecule has 1 aromatic heterocycles. The van der Waals surface area contributed by atoms with Crippen LogP contribution in [0.1, 0.15) is 12.5 Å². The molecule has 1 heterocycles. The van der Waals surface area contributed by atoms with Crippen LogP contribution in [-0.4, -0.2) is 5.97 Å². The van der Waals surface area contributed by atoms with Gasteiger partial charge in [-0.05, 0) is 30.2 Å². The summed E-state index contributed by atoms with van der Waals surface area (Å²) in [5.74, 6) is -0.0127. The summed E-state index contributed by atoms with van der Waals surface area (Å²) in [6.45, 7) is 3.17. The van der Waals surface area contributed by atoms with Gasteiger partial charge in [-0.1, -0.05) is 30.3 Å². The van der Waals surface area contributed by atoms with Crippen LogP contribution in [-0.2, 0) is 4.79 Å². The van der Waals surface area contributed by atoms with E-state index in [1.807, 2.05) is 43.3 Å². The van der Waals surface area contributed by atoms with Crippen molar-refractivity contribution in [3.63, 3.8) is 0 Å². The van der Waals surface area contributed by atoms with Gasteiger partial charge in [0.1, 0.15) is 11.3 Å². The lowest BCUT2D eigenvalue weighted by molar-refractivity contribution is -0.131. The molecule has 0 aliphatic heterocycles. The van der Waals surface area contributed by atoms with Gasteiger partial charge in [0.15, 0.2) is 0 Å². The minimum atomic E-state index is -0.420. The third-order valence-corrected chi connectivity index (χ3v) is 3.37. The molecule has 0 atom stereocenters. The standard InChI is InChI=1S/C18H14O4/c1-11-8-14-9-15(13-6-4-3-5-7-13)18(20)22-17(14)10-16(11)21-12(2)19/h3-10H,1-2H3. The molecule has 22 heavy (non-hydrogen) atoms. The normalized spacial score (nSPS) is 10.6. The Hall–Kier alpha value is -2.88. The second-order valence-corrected chi connectivity index (χ2v) is 5.06. The molecule has 3 aromatic rings. The fraction of sp³-hybridized carbons (Fsp3) is 0.111. The molecule has 0 aliphatic carbocycles. The van der Waals surface area contributed by atoms with Gasteiger partial charge in [-0.25, -0.2) is 4.79 Å². The van der Waals surface area contributed by atoms with Crippen molar-refractivity contribution in [1.29, 1.82) is 0 Å². The third kappa shape index (κ3) is 2.63. The van der Waals surface area contributed by atoms with E-state index in [0.29, 0.717) is 16.9 Å². The summed E-state index contributed by atoms with van der Waals surface area (Å²) >= 11 is 0. The summed E-state index contributed by atoms with van der Waals surface area (Å²) in [6, 6.07) is 14.5. The number of ether oxygens (including phenoxy) is 1. The van der Waals surface area contributed by atoms with Crippen molar-refractivity contribution in [1.82, 2.24) is 0 Å². The number of aryl methyl sites for hydroxylation is 1. The summed E-state index contributed by atoms with van der Waals surface area (Å²) < 4.78 is 10.5. The van der Waals surface area contributed by atoms with Crippen molar-refractivity contribution < 1.29 is 13.9 Å². The number of fused-ring (bicyclic) bond motifs is 1. The Morgan fingerprint density at radius 2 is 1.82 bits per heavy atom. The molecular formula is C18H14O4. The number of hydrogen-bond acceptors (Lipinski definition) is 4. The van der Waals surface area contributed by atoms with Crippen LogP contribution >= 0.6 is 0 Å². The van der Waals surface area contributed by atoms with Crippen LogP contribution in [0.15, 0.2) is 57.7 Å². The Bertz CT molecular complexity index is 908. The quantitative estimate of drug-likeness (QED) is 0.411. The van der Waals surface area contributed by atoms with Gasteiger partial charge in [-0.3, -0.25) is 4.79 Å². The third-order valence-electron chi connectivity index (χ3n) is 3.37. The molecule has 0 unspecified atom stereocenters. The predicted molar refractivity (Wildman–Crippen MR) is 84.0 cm³/mol.